The lowest BCUT2D eigenvalue weighted by Gasteiger charge is -2.26. The van der Waals surface area contributed by atoms with E-state index in [1.54, 1.807) is 0 Å². The summed E-state index contributed by atoms with van der Waals surface area (Å²) in [5.74, 6) is 0.599. The van der Waals surface area contributed by atoms with Gasteiger partial charge in [0.15, 0.2) is 11.2 Å². The van der Waals surface area contributed by atoms with Crippen LogP contribution in [0.5, 0.6) is 0 Å². The Morgan fingerprint density at radius 1 is 0.408 bits per heavy atom. The van der Waals surface area contributed by atoms with Crippen LogP contribution in [0.15, 0.2) is 179 Å². The summed E-state index contributed by atoms with van der Waals surface area (Å²) in [6.07, 6.45) is 0. The molecular formula is C45H28N2O2. The number of rotatable bonds is 5. The minimum Gasteiger partial charge on any atom is -0.454 e. The molecule has 2 heterocycles. The fourth-order valence-electron chi connectivity index (χ4n) is 7.10. The predicted octanol–water partition coefficient (Wildman–Crippen LogP) is 12.8. The van der Waals surface area contributed by atoms with Crippen LogP contribution >= 0.6 is 0 Å². The molecule has 10 aromatic rings. The van der Waals surface area contributed by atoms with Crippen LogP contribution in [0, 0.1) is 0 Å². The molecule has 0 radical (unpaired) electrons. The lowest BCUT2D eigenvalue weighted by atomic mass is 10.0. The average Bonchev–Trinajstić information content (AvgIpc) is 3.76. The van der Waals surface area contributed by atoms with Gasteiger partial charge >= 0.3 is 0 Å². The van der Waals surface area contributed by atoms with Gasteiger partial charge in [0.1, 0.15) is 11.1 Å². The van der Waals surface area contributed by atoms with Gasteiger partial charge < -0.3 is 13.7 Å². The van der Waals surface area contributed by atoms with Crippen LogP contribution in [0.2, 0.25) is 0 Å². The molecule has 0 amide bonds. The van der Waals surface area contributed by atoms with E-state index < -0.39 is 0 Å². The molecule has 0 saturated heterocycles. The van der Waals surface area contributed by atoms with Gasteiger partial charge in [-0.3, -0.25) is 0 Å². The molecule has 10 rings (SSSR count). The predicted molar refractivity (Wildman–Crippen MR) is 202 cm³/mol. The molecule has 0 N–H and O–H groups in total. The highest BCUT2D eigenvalue weighted by Crippen LogP contribution is 2.44. The molecule has 0 aliphatic carbocycles. The summed E-state index contributed by atoms with van der Waals surface area (Å²) in [5.41, 5.74) is 9.36. The number of furan rings is 1. The average molecular weight is 629 g/mol. The maximum Gasteiger partial charge on any atom is 0.227 e. The first kappa shape index (κ1) is 27.5. The fourth-order valence-corrected chi connectivity index (χ4v) is 7.10. The number of anilines is 3. The van der Waals surface area contributed by atoms with E-state index in [4.69, 9.17) is 13.8 Å². The molecule has 0 bridgehead atoms. The summed E-state index contributed by atoms with van der Waals surface area (Å²) in [6.45, 7) is 0. The first-order valence-corrected chi connectivity index (χ1v) is 16.5. The highest BCUT2D eigenvalue weighted by atomic mass is 16.4. The zero-order valence-corrected chi connectivity index (χ0v) is 26.4. The number of benzene rings is 8. The topological polar surface area (TPSA) is 42.4 Å². The Labute approximate surface area is 282 Å². The van der Waals surface area contributed by atoms with E-state index in [0.717, 1.165) is 61.2 Å². The third-order valence-electron chi connectivity index (χ3n) is 9.45. The zero-order valence-electron chi connectivity index (χ0n) is 26.4. The molecule has 0 spiro atoms. The Balaban J connectivity index is 1.20. The van der Waals surface area contributed by atoms with E-state index in [1.165, 1.54) is 27.1 Å². The maximum atomic E-state index is 6.78. The lowest BCUT2D eigenvalue weighted by Crippen LogP contribution is -2.10. The van der Waals surface area contributed by atoms with Crippen molar-refractivity contribution in [1.82, 2.24) is 4.98 Å². The van der Waals surface area contributed by atoms with Crippen LogP contribution < -0.4 is 4.90 Å². The van der Waals surface area contributed by atoms with Crippen LogP contribution in [-0.2, 0) is 0 Å². The number of aromatic nitrogens is 1. The number of para-hydroxylation sites is 1. The van der Waals surface area contributed by atoms with Crippen molar-refractivity contribution in [3.05, 3.63) is 170 Å². The Kier molecular flexibility index (Phi) is 6.15. The van der Waals surface area contributed by atoms with E-state index in [2.05, 4.69) is 138 Å². The van der Waals surface area contributed by atoms with Gasteiger partial charge in [-0.05, 0) is 81.2 Å². The fraction of sp³-hybridized carbons (Fsp3) is 0. The molecule has 0 aliphatic rings. The van der Waals surface area contributed by atoms with Gasteiger partial charge in [-0.2, -0.15) is 0 Å². The quantitative estimate of drug-likeness (QED) is 0.178. The van der Waals surface area contributed by atoms with Crippen molar-refractivity contribution in [1.29, 1.82) is 0 Å². The standard InChI is InChI=1S/C45H28N2O2/c1-3-11-29(12-4-1)33-16-9-17-34(25-33)47(35-24-23-31-22-21-30-13-7-8-18-36(30)38(31)26-35)41-20-10-19-37-39-27-43-40(28-42(39)48-44(37)41)46-45(49-43)32-14-5-2-6-15-32/h1-28H. The molecule has 2 aromatic heterocycles. The molecule has 4 nitrogen and oxygen atoms in total. The SMILES string of the molecule is c1ccc(-c2cccc(N(c3ccc4ccc5ccccc5c4c3)c3cccc4c3oc3cc5nc(-c6ccccc6)oc5cc34)c2)cc1. The number of nitrogens with zero attached hydrogens (tertiary/aromatic N) is 2. The van der Waals surface area contributed by atoms with E-state index in [-0.39, 0.29) is 0 Å². The Morgan fingerprint density at radius 3 is 1.94 bits per heavy atom. The van der Waals surface area contributed by atoms with Crippen molar-refractivity contribution in [2.45, 2.75) is 0 Å². The number of hydrogen-bond donors (Lipinski definition) is 0. The van der Waals surface area contributed by atoms with Gasteiger partial charge in [-0.15, -0.1) is 0 Å². The molecule has 0 atom stereocenters. The second-order valence-corrected chi connectivity index (χ2v) is 12.4. The summed E-state index contributed by atoms with van der Waals surface area (Å²) in [4.78, 5) is 7.12. The highest BCUT2D eigenvalue weighted by molar-refractivity contribution is 6.14. The van der Waals surface area contributed by atoms with Crippen molar-refractivity contribution in [2.24, 2.45) is 0 Å². The Bertz CT molecular complexity index is 2830. The summed E-state index contributed by atoms with van der Waals surface area (Å²) in [5, 5.41) is 6.86. The molecule has 0 fully saturated rings. The summed E-state index contributed by atoms with van der Waals surface area (Å²) >= 11 is 0. The van der Waals surface area contributed by atoms with Crippen molar-refractivity contribution in [3.8, 4) is 22.6 Å². The molecule has 0 unspecified atom stereocenters. The lowest BCUT2D eigenvalue weighted by molar-refractivity contribution is 0.620. The van der Waals surface area contributed by atoms with Gasteiger partial charge in [0.05, 0.1) is 5.69 Å². The molecule has 0 saturated carbocycles. The van der Waals surface area contributed by atoms with E-state index in [0.29, 0.717) is 5.89 Å². The summed E-state index contributed by atoms with van der Waals surface area (Å²) in [7, 11) is 0. The zero-order chi connectivity index (χ0) is 32.3. The van der Waals surface area contributed by atoms with Gasteiger partial charge in [0.2, 0.25) is 5.89 Å². The largest absolute Gasteiger partial charge is 0.454 e. The molecular weight excluding hydrogens is 601 g/mol. The molecule has 0 aliphatic heterocycles. The third-order valence-corrected chi connectivity index (χ3v) is 9.45. The Morgan fingerprint density at radius 2 is 1.08 bits per heavy atom. The maximum absolute atomic E-state index is 6.78. The molecule has 8 aromatic carbocycles. The molecule has 230 valence electrons. The smallest absolute Gasteiger partial charge is 0.227 e. The monoisotopic (exact) mass is 628 g/mol. The molecule has 4 heteroatoms. The number of oxazole rings is 1. The Hall–Kier alpha value is -6.65. The van der Waals surface area contributed by atoms with Crippen LogP contribution in [0.1, 0.15) is 0 Å². The molecule has 49 heavy (non-hydrogen) atoms. The number of fused-ring (bicyclic) bond motifs is 7. The minimum absolute atomic E-state index is 0.599. The van der Waals surface area contributed by atoms with Crippen molar-refractivity contribution < 1.29 is 8.83 Å². The van der Waals surface area contributed by atoms with Crippen LogP contribution in [0.4, 0.5) is 17.1 Å². The summed E-state index contributed by atoms with van der Waals surface area (Å²) in [6, 6.07) is 59.3. The first-order valence-electron chi connectivity index (χ1n) is 16.5. The van der Waals surface area contributed by atoms with Crippen molar-refractivity contribution in [3.63, 3.8) is 0 Å². The van der Waals surface area contributed by atoms with Gasteiger partial charge in [0, 0.05) is 33.8 Å². The summed E-state index contributed by atoms with van der Waals surface area (Å²) < 4.78 is 13.0. The normalized spacial score (nSPS) is 11.7. The number of hydrogen-bond acceptors (Lipinski definition) is 4. The van der Waals surface area contributed by atoms with Gasteiger partial charge in [-0.1, -0.05) is 115 Å². The van der Waals surface area contributed by atoms with E-state index >= 15 is 0 Å². The van der Waals surface area contributed by atoms with Gasteiger partial charge in [0.25, 0.3) is 0 Å². The van der Waals surface area contributed by atoms with Crippen molar-refractivity contribution >= 4 is 71.6 Å². The minimum atomic E-state index is 0.599. The van der Waals surface area contributed by atoms with E-state index in [9.17, 15) is 0 Å². The second kappa shape index (κ2) is 11.0. The van der Waals surface area contributed by atoms with Gasteiger partial charge in [-0.25, -0.2) is 4.98 Å². The highest BCUT2D eigenvalue weighted by Gasteiger charge is 2.21. The van der Waals surface area contributed by atoms with Crippen molar-refractivity contribution in [2.75, 3.05) is 4.90 Å². The first-order chi connectivity index (χ1) is 24.3. The van der Waals surface area contributed by atoms with E-state index in [1.807, 2.05) is 36.4 Å². The van der Waals surface area contributed by atoms with Crippen LogP contribution in [0.25, 0.3) is 77.2 Å². The third kappa shape index (κ3) is 4.57. The van der Waals surface area contributed by atoms with Crippen LogP contribution in [-0.4, -0.2) is 4.98 Å². The van der Waals surface area contributed by atoms with Crippen LogP contribution in [0.3, 0.4) is 0 Å². The second-order valence-electron chi connectivity index (χ2n) is 12.4.